The van der Waals surface area contributed by atoms with Gasteiger partial charge in [0.25, 0.3) is 0 Å². The molecule has 0 saturated heterocycles. The minimum atomic E-state index is -4.96. The smallest absolute Gasteiger partial charge is 0.476 e. The summed E-state index contributed by atoms with van der Waals surface area (Å²) in [6.45, 7) is 7.79. The number of hydrogen-bond acceptors (Lipinski definition) is 4. The molecule has 4 rings (SSSR count). The molecule has 1 atom stereocenters. The van der Waals surface area contributed by atoms with Crippen LogP contribution in [0.5, 0.6) is 5.75 Å². The van der Waals surface area contributed by atoms with Crippen molar-refractivity contribution in [3.05, 3.63) is 94.9 Å². The molecule has 7 nitrogen and oxygen atoms in total. The number of fused-ring (bicyclic) bond motifs is 1. The molecule has 4 aromatic rings. The third-order valence-electron chi connectivity index (χ3n) is 6.64. The normalized spacial score (nSPS) is 13.7. The average molecular weight is 540 g/mol. The lowest BCUT2D eigenvalue weighted by Gasteiger charge is -2.35. The van der Waals surface area contributed by atoms with Crippen molar-refractivity contribution < 1.29 is 32.6 Å². The number of hydrogen-bond donors (Lipinski definition) is 2. The number of benzene rings is 2. The van der Waals surface area contributed by atoms with E-state index in [1.807, 2.05) is 24.3 Å². The number of amides is 1. The summed E-state index contributed by atoms with van der Waals surface area (Å²) in [6, 6.07) is 15.7. The predicted octanol–water partition coefficient (Wildman–Crippen LogP) is 5.71. The summed E-state index contributed by atoms with van der Waals surface area (Å²) in [5, 5.41) is 10.4. The first-order valence-electron chi connectivity index (χ1n) is 12.1. The highest BCUT2D eigenvalue weighted by Crippen LogP contribution is 2.38. The first kappa shape index (κ1) is 27.7. The summed E-state index contributed by atoms with van der Waals surface area (Å²) in [5.74, 6) is -2.77. The number of carboxylic acids is 1. The van der Waals surface area contributed by atoms with Gasteiger partial charge in [-0.25, -0.2) is 9.78 Å². The zero-order valence-corrected chi connectivity index (χ0v) is 21.8. The van der Waals surface area contributed by atoms with E-state index >= 15 is 0 Å². The van der Waals surface area contributed by atoms with Gasteiger partial charge in [0.05, 0.1) is 5.52 Å². The van der Waals surface area contributed by atoms with Crippen LogP contribution in [0.15, 0.2) is 66.9 Å². The largest absolute Gasteiger partial charge is 0.573 e. The van der Waals surface area contributed by atoms with Gasteiger partial charge >= 0.3 is 12.3 Å². The highest BCUT2D eigenvalue weighted by Gasteiger charge is 2.43. The minimum Gasteiger partial charge on any atom is -0.476 e. The number of pyridine rings is 1. The molecule has 2 aromatic heterocycles. The summed E-state index contributed by atoms with van der Waals surface area (Å²) < 4.78 is 44.8. The van der Waals surface area contributed by atoms with E-state index in [2.05, 4.69) is 30.5 Å². The van der Waals surface area contributed by atoms with Crippen LogP contribution in [0, 0.1) is 6.92 Å². The van der Waals surface area contributed by atoms with Crippen LogP contribution in [-0.2, 0) is 22.2 Å². The van der Waals surface area contributed by atoms with E-state index in [1.54, 1.807) is 19.1 Å². The number of aryl methyl sites for hydroxylation is 1. The maximum absolute atomic E-state index is 13.5. The number of nitrogens with zero attached hydrogens (tertiary/aromatic N) is 2. The van der Waals surface area contributed by atoms with Crippen LogP contribution in [0.2, 0.25) is 0 Å². The second-order valence-electron chi connectivity index (χ2n) is 10.5. The van der Waals surface area contributed by atoms with Gasteiger partial charge in [-0.05, 0) is 53.3 Å². The zero-order valence-electron chi connectivity index (χ0n) is 21.8. The lowest BCUT2D eigenvalue weighted by Crippen LogP contribution is -2.49. The predicted molar refractivity (Wildman–Crippen MR) is 140 cm³/mol. The van der Waals surface area contributed by atoms with Crippen molar-refractivity contribution in [2.45, 2.75) is 51.4 Å². The van der Waals surface area contributed by atoms with Crippen LogP contribution in [0.1, 0.15) is 53.6 Å². The molecule has 0 bridgehead atoms. The summed E-state index contributed by atoms with van der Waals surface area (Å²) in [5.41, 5.74) is 6.12. The fourth-order valence-corrected chi connectivity index (χ4v) is 4.81. The zero-order chi connectivity index (χ0) is 28.8. The molecule has 3 N–H and O–H groups in total. The third-order valence-corrected chi connectivity index (χ3v) is 6.64. The molecule has 39 heavy (non-hydrogen) atoms. The molecule has 0 aliphatic carbocycles. The van der Waals surface area contributed by atoms with Crippen molar-refractivity contribution >= 4 is 22.8 Å². The number of rotatable bonds is 7. The van der Waals surface area contributed by atoms with E-state index in [-0.39, 0.29) is 28.6 Å². The maximum Gasteiger partial charge on any atom is 0.573 e. The molecule has 0 fully saturated rings. The van der Waals surface area contributed by atoms with Gasteiger partial charge in [0.15, 0.2) is 11.2 Å². The van der Waals surface area contributed by atoms with Crippen molar-refractivity contribution in [2.24, 2.45) is 5.73 Å². The second kappa shape index (κ2) is 9.76. The Labute approximate surface area is 223 Å². The van der Waals surface area contributed by atoms with E-state index in [0.29, 0.717) is 16.6 Å². The van der Waals surface area contributed by atoms with Crippen LogP contribution < -0.4 is 10.5 Å². The van der Waals surface area contributed by atoms with Crippen LogP contribution in [0.25, 0.3) is 10.9 Å². The number of carboxylic acid groups (broad SMARTS) is 1. The number of aromatic nitrogens is 2. The Balaban J connectivity index is 2.03. The molecule has 0 aliphatic rings. The van der Waals surface area contributed by atoms with Gasteiger partial charge in [0, 0.05) is 23.7 Å². The van der Waals surface area contributed by atoms with Crippen LogP contribution in [0.4, 0.5) is 13.2 Å². The number of carbonyl (C=O) groups excluding carboxylic acids is 1. The van der Waals surface area contributed by atoms with Gasteiger partial charge in [-0.15, -0.1) is 13.2 Å². The fourth-order valence-electron chi connectivity index (χ4n) is 4.81. The number of nitrogens with two attached hydrogens (primary N) is 1. The van der Waals surface area contributed by atoms with Gasteiger partial charge in [0.2, 0.25) is 5.91 Å². The second-order valence-corrected chi connectivity index (χ2v) is 10.5. The summed E-state index contributed by atoms with van der Waals surface area (Å²) in [4.78, 5) is 29.9. The molecule has 0 aliphatic heterocycles. The number of ether oxygens (including phenoxy) is 1. The fraction of sp³-hybridized carbons (Fsp3) is 0.276. The summed E-state index contributed by atoms with van der Waals surface area (Å²) in [7, 11) is 0. The average Bonchev–Trinajstić information content (AvgIpc) is 3.24. The van der Waals surface area contributed by atoms with Crippen molar-refractivity contribution in [3.8, 4) is 5.75 Å². The molecule has 0 spiro atoms. The van der Waals surface area contributed by atoms with E-state index in [0.717, 1.165) is 17.7 Å². The molecule has 10 heteroatoms. The van der Waals surface area contributed by atoms with Crippen molar-refractivity contribution in [3.63, 3.8) is 0 Å². The van der Waals surface area contributed by atoms with Gasteiger partial charge in [0.1, 0.15) is 5.75 Å². The third kappa shape index (κ3) is 5.45. The first-order chi connectivity index (χ1) is 18.1. The topological polar surface area (TPSA) is 107 Å². The molecule has 0 radical (unpaired) electrons. The minimum absolute atomic E-state index is 0.0844. The van der Waals surface area contributed by atoms with Crippen molar-refractivity contribution in [2.75, 3.05) is 0 Å². The SMILES string of the molecule is Cc1cc2ccn(C(Cc3ccc(C(C)(C)C)cc3)(C(N)=O)c3cccc(OC(F)(F)F)c3)c2c(C(=O)O)n1. The lowest BCUT2D eigenvalue weighted by atomic mass is 9.81. The lowest BCUT2D eigenvalue weighted by molar-refractivity contribution is -0.274. The van der Waals surface area contributed by atoms with Gasteiger partial charge in [-0.3, -0.25) is 4.79 Å². The van der Waals surface area contributed by atoms with Gasteiger partial charge in [-0.1, -0.05) is 57.2 Å². The number of halogens is 3. The standard InChI is InChI=1S/C29H28F3N3O4/c1-17-14-19-12-13-35(24(19)23(34-17)25(36)37)28(26(33)38,16-18-8-10-20(11-9-18)27(2,3)4)21-6-5-7-22(15-21)39-29(30,31)32/h5-15H,16H2,1-4H3,(H2,33,38)(H,36,37). The van der Waals surface area contributed by atoms with Crippen molar-refractivity contribution in [1.29, 1.82) is 0 Å². The summed E-state index contributed by atoms with van der Waals surface area (Å²) >= 11 is 0. The number of primary amides is 1. The highest BCUT2D eigenvalue weighted by molar-refractivity contribution is 6.02. The molecule has 0 saturated carbocycles. The maximum atomic E-state index is 13.5. The quantitative estimate of drug-likeness (QED) is 0.313. The Morgan fingerprint density at radius 3 is 2.23 bits per heavy atom. The van der Waals surface area contributed by atoms with Gasteiger partial charge in [-0.2, -0.15) is 0 Å². The number of aromatic carboxylic acids is 1. The van der Waals surface area contributed by atoms with E-state index in [1.165, 1.54) is 22.9 Å². The van der Waals surface area contributed by atoms with E-state index < -0.39 is 29.5 Å². The molecular formula is C29H28F3N3O4. The Bertz CT molecular complexity index is 1550. The molecular weight excluding hydrogens is 511 g/mol. The highest BCUT2D eigenvalue weighted by atomic mass is 19.4. The first-order valence-corrected chi connectivity index (χ1v) is 12.1. The number of alkyl halides is 3. The number of carbonyl (C=O) groups is 2. The van der Waals surface area contributed by atoms with Crippen LogP contribution >= 0.6 is 0 Å². The van der Waals surface area contributed by atoms with Crippen LogP contribution in [0.3, 0.4) is 0 Å². The Morgan fingerprint density at radius 1 is 1.00 bits per heavy atom. The monoisotopic (exact) mass is 539 g/mol. The van der Waals surface area contributed by atoms with Crippen LogP contribution in [-0.4, -0.2) is 32.9 Å². The van der Waals surface area contributed by atoms with E-state index in [4.69, 9.17) is 5.73 Å². The molecule has 1 unspecified atom stereocenters. The molecule has 204 valence electrons. The molecule has 1 amide bonds. The molecule has 2 heterocycles. The Kier molecular flexibility index (Phi) is 6.93. The van der Waals surface area contributed by atoms with E-state index in [9.17, 15) is 27.9 Å². The van der Waals surface area contributed by atoms with Crippen molar-refractivity contribution in [1.82, 2.24) is 9.55 Å². The Hall–Kier alpha value is -4.34. The Morgan fingerprint density at radius 2 is 1.67 bits per heavy atom. The molecule has 2 aromatic carbocycles. The summed E-state index contributed by atoms with van der Waals surface area (Å²) in [6.07, 6.45) is -3.54. The van der Waals surface area contributed by atoms with Gasteiger partial charge < -0.3 is 20.1 Å².